The minimum Gasteiger partial charge on any atom is -0.399 e. The number of rotatable bonds is 5. The summed E-state index contributed by atoms with van der Waals surface area (Å²) in [5.74, 6) is 0. The maximum atomic E-state index is 11.5. The molecule has 1 rings (SSSR count). The molecule has 0 radical (unpaired) electrons. The van der Waals surface area contributed by atoms with Gasteiger partial charge in [-0.15, -0.1) is 16.8 Å². The van der Waals surface area contributed by atoms with Gasteiger partial charge in [0.2, 0.25) is 0 Å². The molecule has 0 unspecified atom stereocenters. The summed E-state index contributed by atoms with van der Waals surface area (Å²) >= 11 is 0. The minimum absolute atomic E-state index is 0.0873. The molecule has 0 heterocycles. The van der Waals surface area contributed by atoms with Crippen LogP contribution in [0.5, 0.6) is 0 Å². The summed E-state index contributed by atoms with van der Waals surface area (Å²) in [6.07, 6.45) is 0.0873. The van der Waals surface area contributed by atoms with Crippen LogP contribution in [-0.4, -0.2) is 32.5 Å². The van der Waals surface area contributed by atoms with Gasteiger partial charge in [0, 0.05) is 17.8 Å². The second-order valence-electron chi connectivity index (χ2n) is 3.88. The van der Waals surface area contributed by atoms with Gasteiger partial charge in [0.25, 0.3) is 0 Å². The lowest BCUT2D eigenvalue weighted by molar-refractivity contribution is 0.380. The van der Waals surface area contributed by atoms with Crippen LogP contribution in [0.25, 0.3) is 0 Å². The van der Waals surface area contributed by atoms with E-state index in [0.717, 1.165) is 12.1 Å². The molecule has 1 aromatic carbocycles. The molecule has 19 heavy (non-hydrogen) atoms. The van der Waals surface area contributed by atoms with Gasteiger partial charge in [0.15, 0.2) is 5.69 Å². The van der Waals surface area contributed by atoms with Crippen molar-refractivity contribution in [2.45, 2.75) is 13.3 Å². The zero-order valence-electron chi connectivity index (χ0n) is 10.1. The van der Waals surface area contributed by atoms with Crippen LogP contribution in [0.2, 0.25) is 0 Å². The molecule has 1 aromatic rings. The van der Waals surface area contributed by atoms with E-state index in [-0.39, 0.29) is 17.8 Å². The van der Waals surface area contributed by atoms with Gasteiger partial charge >= 0.3 is 20.6 Å². The summed E-state index contributed by atoms with van der Waals surface area (Å²) in [5, 5.41) is 0. The molecule has 0 saturated carbocycles. The highest BCUT2D eigenvalue weighted by atomic mass is 32.3. The molecule has 0 fully saturated rings. The lowest BCUT2D eigenvalue weighted by atomic mass is 10.3. The zero-order valence-corrected chi connectivity index (χ0v) is 11.7. The molecule has 0 aromatic heterocycles. The average molecular weight is 311 g/mol. The Labute approximate surface area is 111 Å². The molecule has 0 aliphatic heterocycles. The first-order valence-corrected chi connectivity index (χ1v) is 8.05. The second kappa shape index (κ2) is 5.06. The summed E-state index contributed by atoms with van der Waals surface area (Å²) in [6, 6.07) is 4.78. The van der Waals surface area contributed by atoms with Crippen molar-refractivity contribution >= 4 is 32.0 Å². The van der Waals surface area contributed by atoms with Gasteiger partial charge in [-0.3, -0.25) is 0 Å². The molecular formula is C9H15N2O6S2+. The first-order chi connectivity index (χ1) is 8.56. The third kappa shape index (κ3) is 2.72. The van der Waals surface area contributed by atoms with Gasteiger partial charge in [0.05, 0.1) is 0 Å². The van der Waals surface area contributed by atoms with Gasteiger partial charge in [-0.2, -0.15) is 0 Å². The molecule has 0 aliphatic rings. The Morgan fingerprint density at radius 3 is 1.79 bits per heavy atom. The van der Waals surface area contributed by atoms with Crippen molar-refractivity contribution in [3.63, 3.8) is 0 Å². The maximum Gasteiger partial charge on any atom is 0.454 e. The fourth-order valence-corrected chi connectivity index (χ4v) is 4.30. The Hall–Kier alpha value is -1.20. The van der Waals surface area contributed by atoms with Crippen molar-refractivity contribution in [3.8, 4) is 0 Å². The fraction of sp³-hybridized carbons (Fsp3) is 0.333. The van der Waals surface area contributed by atoms with E-state index >= 15 is 0 Å². The Morgan fingerprint density at radius 2 is 1.47 bits per heavy atom. The van der Waals surface area contributed by atoms with Crippen molar-refractivity contribution in [1.82, 2.24) is 3.29 Å². The van der Waals surface area contributed by atoms with Crippen LogP contribution >= 0.6 is 0 Å². The SMILES string of the molecule is CCC[N+](c1ccc(N)cc1)(S(=O)(=O)O)S(=O)(=O)O. The van der Waals surface area contributed by atoms with Gasteiger partial charge in [-0.25, -0.2) is 9.11 Å². The quantitative estimate of drug-likeness (QED) is 0.411. The van der Waals surface area contributed by atoms with Crippen molar-refractivity contribution in [1.29, 1.82) is 0 Å². The van der Waals surface area contributed by atoms with Crippen LogP contribution in [0.3, 0.4) is 0 Å². The highest BCUT2D eigenvalue weighted by molar-refractivity contribution is 8.01. The van der Waals surface area contributed by atoms with Crippen LogP contribution < -0.4 is 9.03 Å². The standard InChI is InChI=1S/C9H14N2O6S2/c1-2-7-11(18(12,13)14,19(15,16)17)9-5-3-8(10)4-6-9/h3-6H,2,7,10H2,1H3,(H-,12,13,14,15,16,17)/p+1. The van der Waals surface area contributed by atoms with E-state index in [9.17, 15) is 25.9 Å². The highest BCUT2D eigenvalue weighted by Crippen LogP contribution is 2.32. The Bertz CT molecular complexity index is 618. The molecule has 0 atom stereocenters. The van der Waals surface area contributed by atoms with Crippen LogP contribution in [0.15, 0.2) is 24.3 Å². The molecule has 0 bridgehead atoms. The number of quaternary nitrogens is 1. The number of nitrogen functional groups attached to an aromatic ring is 1. The van der Waals surface area contributed by atoms with E-state index in [4.69, 9.17) is 5.73 Å². The Morgan fingerprint density at radius 1 is 1.05 bits per heavy atom. The predicted octanol–water partition coefficient (Wildman–Crippen LogP) is 0.592. The number of anilines is 1. The van der Waals surface area contributed by atoms with Crippen molar-refractivity contribution in [2.24, 2.45) is 0 Å². The number of nitrogens with two attached hydrogens (primary N) is 1. The third-order valence-corrected chi connectivity index (χ3v) is 5.96. The Balaban J connectivity index is 3.73. The molecule has 0 saturated heterocycles. The van der Waals surface area contributed by atoms with Gasteiger partial charge in [0.1, 0.15) is 6.54 Å². The van der Waals surface area contributed by atoms with E-state index < -0.39 is 30.4 Å². The van der Waals surface area contributed by atoms with E-state index in [1.54, 1.807) is 0 Å². The summed E-state index contributed by atoms with van der Waals surface area (Å²) in [5.41, 5.74) is 5.39. The molecule has 108 valence electrons. The van der Waals surface area contributed by atoms with E-state index in [0.29, 0.717) is 0 Å². The van der Waals surface area contributed by atoms with E-state index in [2.05, 4.69) is 0 Å². The second-order valence-corrected chi connectivity index (χ2v) is 7.15. The average Bonchev–Trinajstić information content (AvgIpc) is 2.24. The summed E-state index contributed by atoms with van der Waals surface area (Å²) in [7, 11) is -10.3. The normalized spacial score (nSPS) is 13.4. The number of benzene rings is 1. The number of hydrogen-bond donors (Lipinski definition) is 3. The number of nitrogens with zero attached hydrogens (tertiary/aromatic N) is 1. The molecular weight excluding hydrogens is 296 g/mol. The van der Waals surface area contributed by atoms with Gasteiger partial charge < -0.3 is 5.73 Å². The summed E-state index contributed by atoms with van der Waals surface area (Å²) in [6.45, 7) is 0.974. The van der Waals surface area contributed by atoms with E-state index in [1.165, 1.54) is 19.1 Å². The lowest BCUT2D eigenvalue weighted by Crippen LogP contribution is -2.58. The molecule has 0 amide bonds. The highest BCUT2D eigenvalue weighted by Gasteiger charge is 2.54. The van der Waals surface area contributed by atoms with E-state index in [1.807, 2.05) is 0 Å². The predicted molar refractivity (Wildman–Crippen MR) is 70.9 cm³/mol. The minimum atomic E-state index is -5.15. The van der Waals surface area contributed by atoms with Crippen molar-refractivity contribution in [3.05, 3.63) is 24.3 Å². The smallest absolute Gasteiger partial charge is 0.399 e. The third-order valence-electron chi connectivity index (χ3n) is 2.55. The van der Waals surface area contributed by atoms with Gasteiger partial charge in [-0.05, 0) is 21.8 Å². The summed E-state index contributed by atoms with van der Waals surface area (Å²) in [4.78, 5) is 0. The molecule has 0 spiro atoms. The van der Waals surface area contributed by atoms with Crippen LogP contribution in [0.1, 0.15) is 13.3 Å². The first-order valence-electron chi connectivity index (χ1n) is 5.25. The Kier molecular flexibility index (Phi) is 4.22. The lowest BCUT2D eigenvalue weighted by Gasteiger charge is -2.28. The topological polar surface area (TPSA) is 135 Å². The van der Waals surface area contributed by atoms with Crippen LogP contribution in [0, 0.1) is 0 Å². The number of hydrogen-bond acceptors (Lipinski definition) is 5. The van der Waals surface area contributed by atoms with Crippen molar-refractivity contribution in [2.75, 3.05) is 12.3 Å². The molecule has 0 aliphatic carbocycles. The van der Waals surface area contributed by atoms with Crippen molar-refractivity contribution < 1.29 is 25.9 Å². The monoisotopic (exact) mass is 311 g/mol. The molecule has 4 N–H and O–H groups in total. The molecule has 8 nitrogen and oxygen atoms in total. The maximum absolute atomic E-state index is 11.5. The fourth-order valence-electron chi connectivity index (χ4n) is 1.74. The first kappa shape index (κ1) is 15.9. The molecule has 10 heteroatoms. The summed E-state index contributed by atoms with van der Waals surface area (Å²) < 4.78 is 62.7. The van der Waals surface area contributed by atoms with Gasteiger partial charge in [-0.1, -0.05) is 6.92 Å². The largest absolute Gasteiger partial charge is 0.454 e. The van der Waals surface area contributed by atoms with Crippen LogP contribution in [0.4, 0.5) is 11.4 Å². The van der Waals surface area contributed by atoms with Crippen LogP contribution in [-0.2, 0) is 20.6 Å². The zero-order chi connectivity index (χ0) is 14.9.